The highest BCUT2D eigenvalue weighted by molar-refractivity contribution is 7.29. The van der Waals surface area contributed by atoms with Crippen molar-refractivity contribution in [1.82, 2.24) is 4.98 Å². The van der Waals surface area contributed by atoms with Crippen LogP contribution in [0.1, 0.15) is 51.7 Å². The minimum absolute atomic E-state index is 0.0826. The van der Waals surface area contributed by atoms with E-state index in [1.165, 1.54) is 103 Å². The van der Waals surface area contributed by atoms with Gasteiger partial charge in [0.25, 0.3) is 0 Å². The molecular formula is C54H40BN2OS2. The van der Waals surface area contributed by atoms with E-state index < -0.39 is 0 Å². The monoisotopic (exact) mass is 807 g/mol. The van der Waals surface area contributed by atoms with E-state index in [0.717, 1.165) is 33.3 Å². The van der Waals surface area contributed by atoms with Crippen molar-refractivity contribution in [3.8, 4) is 22.3 Å². The number of anilines is 3. The van der Waals surface area contributed by atoms with Crippen molar-refractivity contribution < 1.29 is 4.42 Å². The number of fused-ring (bicyclic) bond motifs is 14. The Labute approximate surface area is 357 Å². The predicted molar refractivity (Wildman–Crippen MR) is 260 cm³/mol. The van der Waals surface area contributed by atoms with Crippen molar-refractivity contribution in [2.75, 3.05) is 4.90 Å². The van der Waals surface area contributed by atoms with Gasteiger partial charge in [0, 0.05) is 47.6 Å². The van der Waals surface area contributed by atoms with Crippen LogP contribution in [0.15, 0.2) is 144 Å². The molecule has 1 aliphatic heterocycles. The lowest BCUT2D eigenvalue weighted by Gasteiger charge is -2.42. The van der Waals surface area contributed by atoms with Crippen molar-refractivity contribution in [1.29, 1.82) is 0 Å². The zero-order valence-corrected chi connectivity index (χ0v) is 35.6. The van der Waals surface area contributed by atoms with Crippen LogP contribution in [-0.2, 0) is 10.8 Å². The minimum atomic E-state index is 0.0826. The molecule has 6 heteroatoms. The van der Waals surface area contributed by atoms with Gasteiger partial charge in [-0.3, -0.25) is 0 Å². The number of aromatic amines is 1. The Morgan fingerprint density at radius 3 is 2.08 bits per heavy atom. The average molecular weight is 808 g/mol. The molecule has 0 saturated carbocycles. The molecule has 7 aromatic carbocycles. The fourth-order valence-electron chi connectivity index (χ4n) is 10.5. The molecule has 60 heavy (non-hydrogen) atoms. The second-order valence-electron chi connectivity index (χ2n) is 18.2. The van der Waals surface area contributed by atoms with Gasteiger partial charge in [-0.2, -0.15) is 0 Å². The summed E-state index contributed by atoms with van der Waals surface area (Å²) in [6, 6.07) is 51.5. The number of benzene rings is 7. The molecule has 0 amide bonds. The van der Waals surface area contributed by atoms with Crippen LogP contribution in [0.25, 0.3) is 85.5 Å². The van der Waals surface area contributed by atoms with Crippen LogP contribution < -0.4 is 15.1 Å². The van der Waals surface area contributed by atoms with Crippen LogP contribution in [0.3, 0.4) is 0 Å². The summed E-state index contributed by atoms with van der Waals surface area (Å²) >= 11 is 3.80. The lowest BCUT2D eigenvalue weighted by molar-refractivity contribution is 0.332. The molecule has 0 spiro atoms. The number of furan rings is 1. The fourth-order valence-corrected chi connectivity index (χ4v) is 12.8. The highest BCUT2D eigenvalue weighted by Gasteiger charge is 2.40. The molecule has 5 heterocycles. The van der Waals surface area contributed by atoms with Gasteiger partial charge in [-0.1, -0.05) is 125 Å². The molecule has 287 valence electrons. The molecule has 1 N–H and O–H groups in total. The van der Waals surface area contributed by atoms with Crippen LogP contribution in [0, 0.1) is 0 Å². The predicted octanol–water partition coefficient (Wildman–Crippen LogP) is 14.8. The second kappa shape index (κ2) is 12.3. The largest absolute Gasteiger partial charge is 0.454 e. The number of para-hydroxylation sites is 2. The molecule has 1 radical (unpaired) electrons. The highest BCUT2D eigenvalue weighted by Crippen LogP contribution is 2.53. The van der Waals surface area contributed by atoms with Gasteiger partial charge < -0.3 is 14.3 Å². The quantitative estimate of drug-likeness (QED) is 0.180. The van der Waals surface area contributed by atoms with Crippen LogP contribution in [-0.4, -0.2) is 12.3 Å². The molecule has 0 unspecified atom stereocenters. The van der Waals surface area contributed by atoms with E-state index in [1.807, 2.05) is 22.7 Å². The first-order valence-electron chi connectivity index (χ1n) is 21.0. The summed E-state index contributed by atoms with van der Waals surface area (Å²) in [5, 5.41) is 6.09. The number of nitrogens with zero attached hydrogens (tertiary/aromatic N) is 1. The number of hydrogen-bond donors (Lipinski definition) is 1. The van der Waals surface area contributed by atoms with E-state index in [9.17, 15) is 0 Å². The zero-order chi connectivity index (χ0) is 40.1. The van der Waals surface area contributed by atoms with E-state index in [0.29, 0.717) is 0 Å². The van der Waals surface area contributed by atoms with Crippen molar-refractivity contribution in [3.63, 3.8) is 0 Å². The van der Waals surface area contributed by atoms with Crippen molar-refractivity contribution in [2.24, 2.45) is 0 Å². The minimum Gasteiger partial charge on any atom is -0.454 e. The van der Waals surface area contributed by atoms with Crippen molar-refractivity contribution in [3.05, 3.63) is 151 Å². The molecular weight excluding hydrogens is 768 g/mol. The normalized spacial score (nSPS) is 15.6. The maximum Gasteiger partial charge on any atom is 0.212 e. The molecule has 0 atom stereocenters. The third kappa shape index (κ3) is 4.83. The molecule has 0 saturated heterocycles. The SMILES string of the molecule is CC1(C)CCC(C)(C)c2cc3c4c(sc3cc21)[B]c1c(-c2cccc3c2[nH]c2c5ccccc5sc32)cc2c(oc3ccccc32)c1N4c1ccc(-c2ccccc2)cc1. The highest BCUT2D eigenvalue weighted by atomic mass is 32.1. The van der Waals surface area contributed by atoms with Gasteiger partial charge in [0.1, 0.15) is 5.58 Å². The number of rotatable bonds is 3. The van der Waals surface area contributed by atoms with E-state index in [2.05, 4.69) is 184 Å². The van der Waals surface area contributed by atoms with Gasteiger partial charge in [0.2, 0.25) is 7.28 Å². The lowest BCUT2D eigenvalue weighted by Crippen LogP contribution is -2.39. The summed E-state index contributed by atoms with van der Waals surface area (Å²) in [5.41, 5.74) is 16.8. The topological polar surface area (TPSA) is 32.2 Å². The first-order valence-corrected chi connectivity index (χ1v) is 22.7. The Morgan fingerprint density at radius 1 is 0.567 bits per heavy atom. The summed E-state index contributed by atoms with van der Waals surface area (Å²) in [7, 11) is 2.47. The Morgan fingerprint density at radius 2 is 1.27 bits per heavy atom. The molecule has 0 fully saturated rings. The van der Waals surface area contributed by atoms with Crippen molar-refractivity contribution in [2.45, 2.75) is 51.4 Å². The van der Waals surface area contributed by atoms with Gasteiger partial charge in [-0.15, -0.1) is 22.7 Å². The average Bonchev–Trinajstić information content (AvgIpc) is 4.03. The number of thiophene rings is 2. The van der Waals surface area contributed by atoms with Crippen LogP contribution in [0.5, 0.6) is 0 Å². The van der Waals surface area contributed by atoms with Gasteiger partial charge in [-0.25, -0.2) is 0 Å². The van der Waals surface area contributed by atoms with E-state index in [-0.39, 0.29) is 10.8 Å². The van der Waals surface area contributed by atoms with Gasteiger partial charge >= 0.3 is 0 Å². The Balaban J connectivity index is 1.14. The molecule has 4 aromatic heterocycles. The molecule has 11 aromatic rings. The Hall–Kier alpha value is -6.08. The van der Waals surface area contributed by atoms with Crippen LogP contribution >= 0.6 is 22.7 Å². The third-order valence-corrected chi connectivity index (χ3v) is 16.0. The molecule has 2 aliphatic rings. The second-order valence-corrected chi connectivity index (χ2v) is 20.3. The summed E-state index contributed by atoms with van der Waals surface area (Å²) in [6.07, 6.45) is 2.36. The summed E-state index contributed by atoms with van der Waals surface area (Å²) in [6.45, 7) is 9.74. The maximum atomic E-state index is 7.05. The Bertz CT molecular complexity index is 3580. The summed E-state index contributed by atoms with van der Waals surface area (Å²) in [5.74, 6) is 0. The smallest absolute Gasteiger partial charge is 0.212 e. The Kier molecular flexibility index (Phi) is 7.10. The number of nitrogens with one attached hydrogen (secondary N) is 1. The lowest BCUT2D eigenvalue weighted by atomic mass is 9.61. The van der Waals surface area contributed by atoms with E-state index >= 15 is 0 Å². The number of H-pyrrole nitrogens is 1. The summed E-state index contributed by atoms with van der Waals surface area (Å²) < 4.78 is 12.3. The number of hydrogen-bond acceptors (Lipinski definition) is 4. The standard InChI is InChI=1S/C54H40BN2OS2/c1-53(2)25-26-54(3,4)41-29-44-39(28-40(41)53)48-52(60-44)55-45-37(34-17-12-18-36-46(34)56-47-35-16-9-11-20-43(35)59-51(36)47)27-38-33-15-8-10-19-42(33)58-50(38)49(45)57(48)32-23-21-31(22-24-32)30-13-6-5-7-14-30/h5-24,27-29,56H,25-26H2,1-4H3. The van der Waals surface area contributed by atoms with E-state index in [4.69, 9.17) is 4.42 Å². The molecule has 13 rings (SSSR count). The van der Waals surface area contributed by atoms with Gasteiger partial charge in [0.15, 0.2) is 5.58 Å². The van der Waals surface area contributed by atoms with E-state index in [1.54, 1.807) is 0 Å². The number of aromatic nitrogens is 1. The molecule has 3 nitrogen and oxygen atoms in total. The summed E-state index contributed by atoms with van der Waals surface area (Å²) in [4.78, 5) is 6.51. The van der Waals surface area contributed by atoms with Crippen LogP contribution in [0.2, 0.25) is 0 Å². The maximum absolute atomic E-state index is 7.05. The molecule has 1 aliphatic carbocycles. The van der Waals surface area contributed by atoms with Crippen molar-refractivity contribution >= 4 is 120 Å². The van der Waals surface area contributed by atoms with Gasteiger partial charge in [-0.05, 0) is 104 Å². The molecule has 0 bridgehead atoms. The van der Waals surface area contributed by atoms with Crippen LogP contribution in [0.4, 0.5) is 17.1 Å². The van der Waals surface area contributed by atoms with Gasteiger partial charge in [0.05, 0.1) is 27.1 Å². The first-order chi connectivity index (χ1) is 29.2. The zero-order valence-electron chi connectivity index (χ0n) is 33.9. The first kappa shape index (κ1) is 34.8. The third-order valence-electron chi connectivity index (χ3n) is 13.7. The fraction of sp³-hybridized carbons (Fsp3) is 0.148.